The highest BCUT2D eigenvalue weighted by Crippen LogP contribution is 1.98. The van der Waals surface area contributed by atoms with Crippen LogP contribution in [0.15, 0.2) is 86.0 Å². The number of ether oxygens (including phenoxy) is 1. The average molecular weight is 387 g/mol. The summed E-state index contributed by atoms with van der Waals surface area (Å²) in [6.07, 6.45) is 4.41. The van der Waals surface area contributed by atoms with Gasteiger partial charge >= 0.3 is 5.97 Å². The first-order valence-corrected chi connectivity index (χ1v) is 9.50. The molecule has 0 unspecified atom stereocenters. The highest BCUT2D eigenvalue weighted by molar-refractivity contribution is 5.65. The van der Waals surface area contributed by atoms with Gasteiger partial charge in [-0.05, 0) is 18.9 Å². The number of esters is 1. The van der Waals surface area contributed by atoms with E-state index < -0.39 is 0 Å². The molecule has 0 saturated carbocycles. The summed E-state index contributed by atoms with van der Waals surface area (Å²) in [4.78, 5) is 9.93. The lowest BCUT2D eigenvalue weighted by molar-refractivity contribution is -0.139. The Morgan fingerprint density at radius 1 is 0.857 bits per heavy atom. The molecule has 2 nitrogen and oxygen atoms in total. The van der Waals surface area contributed by atoms with Crippen molar-refractivity contribution in [1.29, 1.82) is 0 Å². The molecule has 0 heterocycles. The van der Waals surface area contributed by atoms with Crippen molar-refractivity contribution >= 4 is 5.97 Å². The van der Waals surface area contributed by atoms with Gasteiger partial charge in [0.2, 0.25) is 0 Å². The molecule has 2 heteroatoms. The second kappa shape index (κ2) is 29.2. The number of hydrogen-bond acceptors (Lipinski definition) is 2. The Morgan fingerprint density at radius 3 is 1.54 bits per heavy atom. The number of allylic oxidation sites excluding steroid dienone is 1. The minimum Gasteiger partial charge on any atom is -0.462 e. The van der Waals surface area contributed by atoms with Gasteiger partial charge in [0.15, 0.2) is 0 Å². The number of benzene rings is 2. The van der Waals surface area contributed by atoms with E-state index in [0.29, 0.717) is 6.61 Å². The molecule has 0 radical (unpaired) electrons. The third-order valence-corrected chi connectivity index (χ3v) is 2.57. The largest absolute Gasteiger partial charge is 0.462 e. The number of aryl methyl sites for hydroxylation is 1. The predicted octanol–water partition coefficient (Wildman–Crippen LogP) is 7.83. The van der Waals surface area contributed by atoms with Gasteiger partial charge in [-0.15, -0.1) is 6.58 Å². The van der Waals surface area contributed by atoms with Crippen LogP contribution in [0.5, 0.6) is 0 Å². The molecular weight excluding hydrogens is 344 g/mol. The molecule has 2 aromatic carbocycles. The van der Waals surface area contributed by atoms with Crippen LogP contribution in [-0.2, 0) is 16.0 Å². The summed E-state index contributed by atoms with van der Waals surface area (Å²) in [5.74, 6) is -0.264. The van der Waals surface area contributed by atoms with Crippen molar-refractivity contribution in [3.63, 3.8) is 0 Å². The Bertz CT molecular complexity index is 545. The van der Waals surface area contributed by atoms with Gasteiger partial charge in [0, 0.05) is 6.92 Å². The first kappa shape index (κ1) is 33.0. The third-order valence-electron chi connectivity index (χ3n) is 2.57. The number of carbonyl (C=O) groups is 1. The second-order valence-electron chi connectivity index (χ2n) is 4.72. The molecule has 0 aromatic heterocycles. The molecule has 0 spiro atoms. The van der Waals surface area contributed by atoms with Crippen LogP contribution < -0.4 is 0 Å². The fourth-order valence-electron chi connectivity index (χ4n) is 1.49. The van der Waals surface area contributed by atoms with E-state index in [1.165, 1.54) is 24.1 Å². The Hall–Kier alpha value is -2.61. The topological polar surface area (TPSA) is 26.3 Å². The summed E-state index contributed by atoms with van der Waals surface area (Å²) in [6.45, 7) is 18.8. The predicted molar refractivity (Wildman–Crippen MR) is 128 cm³/mol. The van der Waals surface area contributed by atoms with Gasteiger partial charge in [-0.2, -0.15) is 0 Å². The molecular formula is C26H42O2. The molecule has 0 aliphatic rings. The lowest BCUT2D eigenvalue weighted by atomic mass is 10.2. The molecule has 0 amide bonds. The summed E-state index contributed by atoms with van der Waals surface area (Å²) in [7, 11) is 0. The molecule has 0 aliphatic heterocycles. The average Bonchev–Trinajstić information content (AvgIpc) is 2.72. The van der Waals surface area contributed by atoms with Gasteiger partial charge in [-0.25, -0.2) is 0 Å². The van der Waals surface area contributed by atoms with Crippen molar-refractivity contribution < 1.29 is 9.53 Å². The number of hydrogen-bond donors (Lipinski definition) is 0. The van der Waals surface area contributed by atoms with Gasteiger partial charge in [0.05, 0.1) is 0 Å². The van der Waals surface area contributed by atoms with E-state index >= 15 is 0 Å². The standard InChI is InChI=1S/C9H10.C7H8.C5H8O2.2C2H6.CH4/c1-2-6-9-7-4-3-5-8-9;1-7-5-3-2-4-6-7;1-3-4-7-5(2)6;2*1-2;/h2-5,7-8H,1,6H2;2-6H,1H3;3H,1,4H2,2H3;2*1-2H3;1H4. The molecule has 158 valence electrons. The van der Waals surface area contributed by atoms with Crippen molar-refractivity contribution in [3.8, 4) is 0 Å². The van der Waals surface area contributed by atoms with Crippen LogP contribution in [0.1, 0.15) is 53.2 Å². The summed E-state index contributed by atoms with van der Waals surface area (Å²) < 4.78 is 4.43. The molecule has 2 rings (SSSR count). The quantitative estimate of drug-likeness (QED) is 0.395. The minimum atomic E-state index is -0.264. The Morgan fingerprint density at radius 2 is 1.29 bits per heavy atom. The zero-order valence-electron chi connectivity index (χ0n) is 18.1. The van der Waals surface area contributed by atoms with Gasteiger partial charge in [-0.3, -0.25) is 4.79 Å². The zero-order valence-corrected chi connectivity index (χ0v) is 18.1. The van der Waals surface area contributed by atoms with Gasteiger partial charge in [0.25, 0.3) is 0 Å². The maximum absolute atomic E-state index is 9.93. The van der Waals surface area contributed by atoms with Crippen LogP contribution >= 0.6 is 0 Å². The van der Waals surface area contributed by atoms with Gasteiger partial charge in [0.1, 0.15) is 6.61 Å². The molecule has 28 heavy (non-hydrogen) atoms. The zero-order chi connectivity index (χ0) is 21.3. The maximum Gasteiger partial charge on any atom is 0.302 e. The lowest BCUT2D eigenvalue weighted by Gasteiger charge is -1.91. The summed E-state index contributed by atoms with van der Waals surface area (Å²) in [5, 5.41) is 0. The van der Waals surface area contributed by atoms with Crippen LogP contribution in [-0.4, -0.2) is 12.6 Å². The van der Waals surface area contributed by atoms with Crippen LogP contribution in [0, 0.1) is 6.92 Å². The van der Waals surface area contributed by atoms with Crippen molar-refractivity contribution in [3.05, 3.63) is 97.1 Å². The fraction of sp³-hybridized carbons (Fsp3) is 0.346. The lowest BCUT2D eigenvalue weighted by Crippen LogP contribution is -1.96. The third kappa shape index (κ3) is 28.2. The summed E-state index contributed by atoms with van der Waals surface area (Å²) in [5.41, 5.74) is 2.65. The second-order valence-corrected chi connectivity index (χ2v) is 4.72. The van der Waals surface area contributed by atoms with E-state index in [4.69, 9.17) is 0 Å². The smallest absolute Gasteiger partial charge is 0.302 e. The van der Waals surface area contributed by atoms with Crippen molar-refractivity contribution in [1.82, 2.24) is 0 Å². The molecule has 0 fully saturated rings. The van der Waals surface area contributed by atoms with E-state index in [0.717, 1.165) is 6.42 Å². The Labute approximate surface area is 175 Å². The Balaban J connectivity index is -0.000000140. The molecule has 0 aliphatic carbocycles. The Kier molecular flexibility index (Phi) is 34.4. The monoisotopic (exact) mass is 386 g/mol. The van der Waals surface area contributed by atoms with E-state index in [1.54, 1.807) is 0 Å². The van der Waals surface area contributed by atoms with E-state index in [2.05, 4.69) is 49.1 Å². The molecule has 0 atom stereocenters. The minimum absolute atomic E-state index is 0. The first-order chi connectivity index (χ1) is 13.1. The molecule has 0 saturated heterocycles. The van der Waals surface area contributed by atoms with Crippen molar-refractivity contribution in [2.24, 2.45) is 0 Å². The summed E-state index contributed by atoms with van der Waals surface area (Å²) in [6, 6.07) is 20.6. The van der Waals surface area contributed by atoms with E-state index in [9.17, 15) is 4.79 Å². The number of carbonyl (C=O) groups excluding carboxylic acids is 1. The highest BCUT2D eigenvalue weighted by atomic mass is 16.5. The summed E-state index contributed by atoms with van der Waals surface area (Å²) >= 11 is 0. The van der Waals surface area contributed by atoms with Crippen LogP contribution in [0.4, 0.5) is 0 Å². The van der Waals surface area contributed by atoms with Gasteiger partial charge < -0.3 is 4.74 Å². The molecule has 2 aromatic rings. The molecule has 0 bridgehead atoms. The van der Waals surface area contributed by atoms with Crippen LogP contribution in [0.3, 0.4) is 0 Å². The van der Waals surface area contributed by atoms with Crippen molar-refractivity contribution in [2.45, 2.75) is 55.4 Å². The van der Waals surface area contributed by atoms with Gasteiger partial charge in [-0.1, -0.05) is 120 Å². The normalized spacial score (nSPS) is 7.36. The van der Waals surface area contributed by atoms with E-state index in [-0.39, 0.29) is 13.4 Å². The fourth-order valence-corrected chi connectivity index (χ4v) is 1.49. The van der Waals surface area contributed by atoms with Crippen LogP contribution in [0.25, 0.3) is 0 Å². The van der Waals surface area contributed by atoms with Crippen LogP contribution in [0.2, 0.25) is 0 Å². The van der Waals surface area contributed by atoms with E-state index in [1.807, 2.05) is 70.2 Å². The van der Waals surface area contributed by atoms with Crippen molar-refractivity contribution in [2.75, 3.05) is 6.61 Å². The first-order valence-electron chi connectivity index (χ1n) is 9.50. The maximum atomic E-state index is 9.93. The number of rotatable bonds is 4. The highest BCUT2D eigenvalue weighted by Gasteiger charge is 1.83. The molecule has 0 N–H and O–H groups in total. The SMILES string of the molecule is C.C=CCOC(C)=O.C=CCc1ccccc1.CC.CC.Cc1ccccc1.